The summed E-state index contributed by atoms with van der Waals surface area (Å²) in [6.45, 7) is 2.00. The summed E-state index contributed by atoms with van der Waals surface area (Å²) in [5, 5.41) is 14.3. The maximum absolute atomic E-state index is 13.3. The smallest absolute Gasteiger partial charge is 0.254 e. The fourth-order valence-electron chi connectivity index (χ4n) is 3.40. The number of aromatic nitrogens is 2. The molecule has 0 radical (unpaired) electrons. The minimum absolute atomic E-state index is 0.0720. The third kappa shape index (κ3) is 3.15. The van der Waals surface area contributed by atoms with E-state index in [0.29, 0.717) is 10.7 Å². The highest BCUT2D eigenvalue weighted by Gasteiger charge is 2.43. The molecule has 2 amide bonds. The van der Waals surface area contributed by atoms with E-state index in [-0.39, 0.29) is 17.9 Å². The number of benzene rings is 1. The first kappa shape index (κ1) is 17.8. The van der Waals surface area contributed by atoms with Gasteiger partial charge in [0.25, 0.3) is 5.91 Å². The van der Waals surface area contributed by atoms with Gasteiger partial charge in [-0.3, -0.25) is 14.9 Å². The highest BCUT2D eigenvalue weighted by molar-refractivity contribution is 7.15. The van der Waals surface area contributed by atoms with Crippen LogP contribution in [0.5, 0.6) is 0 Å². The van der Waals surface area contributed by atoms with Crippen molar-refractivity contribution < 1.29 is 9.59 Å². The van der Waals surface area contributed by atoms with Crippen LogP contribution in [0.3, 0.4) is 0 Å². The number of nitrogens with one attached hydrogen (secondary N) is 1. The summed E-state index contributed by atoms with van der Waals surface area (Å²) in [5.41, 5.74) is 1.32. The molecular weight excluding hydrogens is 380 g/mol. The number of likely N-dealkylation sites (N-methyl/N-ethyl adjacent to an activating group) is 1. The van der Waals surface area contributed by atoms with Gasteiger partial charge in [0, 0.05) is 17.5 Å². The van der Waals surface area contributed by atoms with Crippen molar-refractivity contribution >= 4 is 39.6 Å². The number of carbonyl (C=O) groups is 2. The van der Waals surface area contributed by atoms with Crippen LogP contribution in [0.2, 0.25) is 0 Å². The number of nitrogens with zero attached hydrogens (tertiary/aromatic N) is 3. The molecule has 0 saturated carbocycles. The average molecular weight is 399 g/mol. The first-order chi connectivity index (χ1) is 13.1. The molecule has 2 aromatic heterocycles. The van der Waals surface area contributed by atoms with E-state index in [1.165, 1.54) is 11.3 Å². The van der Waals surface area contributed by atoms with Crippen LogP contribution in [0, 0.1) is 0 Å². The van der Waals surface area contributed by atoms with Gasteiger partial charge in [-0.15, -0.1) is 21.5 Å². The molecular formula is C19H18N4O2S2. The van der Waals surface area contributed by atoms with Crippen molar-refractivity contribution in [2.24, 2.45) is 0 Å². The van der Waals surface area contributed by atoms with Gasteiger partial charge in [0.1, 0.15) is 5.01 Å². The molecule has 27 heavy (non-hydrogen) atoms. The molecule has 1 aromatic carbocycles. The van der Waals surface area contributed by atoms with E-state index >= 15 is 0 Å². The molecule has 2 atom stereocenters. The monoisotopic (exact) mass is 398 g/mol. The van der Waals surface area contributed by atoms with E-state index in [1.54, 1.807) is 29.4 Å². The lowest BCUT2D eigenvalue weighted by Crippen LogP contribution is -2.43. The lowest BCUT2D eigenvalue weighted by atomic mass is 9.82. The van der Waals surface area contributed by atoms with Crippen LogP contribution in [0.15, 0.2) is 41.8 Å². The molecule has 3 heterocycles. The summed E-state index contributed by atoms with van der Waals surface area (Å²) >= 11 is 2.92. The van der Waals surface area contributed by atoms with Crippen molar-refractivity contribution in [3.8, 4) is 0 Å². The third-order valence-electron chi connectivity index (χ3n) is 4.70. The first-order valence-electron chi connectivity index (χ1n) is 8.63. The molecule has 0 spiro atoms. The molecule has 4 rings (SSSR count). The molecule has 138 valence electrons. The molecule has 6 nitrogen and oxygen atoms in total. The Morgan fingerprint density at radius 2 is 2.04 bits per heavy atom. The number of hydrogen-bond acceptors (Lipinski definition) is 6. The average Bonchev–Trinajstić information content (AvgIpc) is 3.36. The summed E-state index contributed by atoms with van der Waals surface area (Å²) in [5.74, 6) is -0.771. The van der Waals surface area contributed by atoms with E-state index < -0.39 is 5.92 Å². The number of hydrogen-bond donors (Lipinski definition) is 1. The number of amides is 2. The summed E-state index contributed by atoms with van der Waals surface area (Å²) in [7, 11) is 1.75. The Morgan fingerprint density at radius 3 is 2.74 bits per heavy atom. The van der Waals surface area contributed by atoms with Gasteiger partial charge < -0.3 is 4.90 Å². The molecule has 0 fully saturated rings. The second-order valence-electron chi connectivity index (χ2n) is 6.28. The maximum atomic E-state index is 13.3. The fourth-order valence-corrected chi connectivity index (χ4v) is 4.99. The molecule has 3 aromatic rings. The van der Waals surface area contributed by atoms with Crippen LogP contribution in [-0.4, -0.2) is 34.0 Å². The molecule has 2 unspecified atom stereocenters. The Bertz CT molecular complexity index is 983. The lowest BCUT2D eigenvalue weighted by molar-refractivity contribution is -0.119. The fraction of sp³-hybridized carbons (Fsp3) is 0.263. The summed E-state index contributed by atoms with van der Waals surface area (Å²) < 4.78 is 0. The summed E-state index contributed by atoms with van der Waals surface area (Å²) in [4.78, 5) is 28.8. The van der Waals surface area contributed by atoms with Crippen molar-refractivity contribution in [3.63, 3.8) is 0 Å². The van der Waals surface area contributed by atoms with Gasteiger partial charge in [-0.05, 0) is 29.5 Å². The summed E-state index contributed by atoms with van der Waals surface area (Å²) in [6.07, 6.45) is 0.773. The van der Waals surface area contributed by atoms with Gasteiger partial charge in [0.05, 0.1) is 12.0 Å². The van der Waals surface area contributed by atoms with Gasteiger partial charge in [-0.1, -0.05) is 42.5 Å². The van der Waals surface area contributed by atoms with Crippen molar-refractivity contribution in [2.75, 3.05) is 12.4 Å². The Morgan fingerprint density at radius 1 is 1.22 bits per heavy atom. The van der Waals surface area contributed by atoms with Crippen LogP contribution >= 0.6 is 22.7 Å². The predicted octanol–water partition coefficient (Wildman–Crippen LogP) is 3.71. The van der Waals surface area contributed by atoms with Crippen LogP contribution in [0.4, 0.5) is 5.13 Å². The molecule has 0 saturated heterocycles. The standard InChI is InChI=1S/C19H18N4O2S2/c1-3-14-21-22-19(27-14)20-17(24)15-11-7-4-5-8-12(11)18(25)23(2)16(15)13-9-6-10-26-13/h4-10,15-16H,3H2,1-2H3,(H,20,22,24). The highest BCUT2D eigenvalue weighted by atomic mass is 32.1. The van der Waals surface area contributed by atoms with Gasteiger partial charge in [0.15, 0.2) is 0 Å². The minimum atomic E-state index is -0.517. The Kier molecular flexibility index (Phi) is 4.75. The topological polar surface area (TPSA) is 75.2 Å². The molecule has 1 aliphatic rings. The Labute approximate surface area is 164 Å². The minimum Gasteiger partial charge on any atom is -0.333 e. The van der Waals surface area contributed by atoms with Crippen LogP contribution in [0.25, 0.3) is 0 Å². The predicted molar refractivity (Wildman–Crippen MR) is 106 cm³/mol. The number of rotatable bonds is 4. The number of carbonyl (C=O) groups excluding carboxylic acids is 2. The van der Waals surface area contributed by atoms with Gasteiger partial charge in [0.2, 0.25) is 11.0 Å². The molecule has 8 heteroatoms. The summed E-state index contributed by atoms with van der Waals surface area (Å²) in [6, 6.07) is 10.9. The first-order valence-corrected chi connectivity index (χ1v) is 10.3. The molecule has 0 bridgehead atoms. The molecule has 0 aliphatic carbocycles. The number of anilines is 1. The largest absolute Gasteiger partial charge is 0.333 e. The van der Waals surface area contributed by atoms with E-state index in [2.05, 4.69) is 15.5 Å². The Hall–Kier alpha value is -2.58. The second-order valence-corrected chi connectivity index (χ2v) is 8.33. The number of aryl methyl sites for hydroxylation is 1. The zero-order valence-electron chi connectivity index (χ0n) is 14.9. The van der Waals surface area contributed by atoms with Gasteiger partial charge in [-0.25, -0.2) is 0 Å². The van der Waals surface area contributed by atoms with Crippen LogP contribution in [0.1, 0.15) is 44.7 Å². The van der Waals surface area contributed by atoms with E-state index in [0.717, 1.165) is 21.9 Å². The third-order valence-corrected chi connectivity index (χ3v) is 6.62. The SMILES string of the molecule is CCc1nnc(NC(=O)C2c3ccccc3C(=O)N(C)C2c2cccs2)s1. The van der Waals surface area contributed by atoms with Crippen molar-refractivity contribution in [2.45, 2.75) is 25.3 Å². The number of thiophene rings is 1. The normalized spacial score (nSPS) is 19.0. The molecule has 1 aliphatic heterocycles. The quantitative estimate of drug-likeness (QED) is 0.727. The Balaban J connectivity index is 1.76. The van der Waals surface area contributed by atoms with Crippen molar-refractivity contribution in [1.82, 2.24) is 15.1 Å². The zero-order valence-corrected chi connectivity index (χ0v) is 16.5. The number of fused-ring (bicyclic) bond motifs is 1. The highest BCUT2D eigenvalue weighted by Crippen LogP contribution is 2.43. The van der Waals surface area contributed by atoms with E-state index in [9.17, 15) is 9.59 Å². The van der Waals surface area contributed by atoms with E-state index in [4.69, 9.17) is 0 Å². The van der Waals surface area contributed by atoms with Crippen LogP contribution < -0.4 is 5.32 Å². The van der Waals surface area contributed by atoms with Crippen LogP contribution in [-0.2, 0) is 11.2 Å². The zero-order chi connectivity index (χ0) is 19.0. The maximum Gasteiger partial charge on any atom is 0.254 e. The van der Waals surface area contributed by atoms with Gasteiger partial charge >= 0.3 is 0 Å². The lowest BCUT2D eigenvalue weighted by Gasteiger charge is -2.38. The van der Waals surface area contributed by atoms with Crippen molar-refractivity contribution in [1.29, 1.82) is 0 Å². The molecule has 1 N–H and O–H groups in total. The van der Waals surface area contributed by atoms with E-state index in [1.807, 2.05) is 42.6 Å². The second kappa shape index (κ2) is 7.21. The van der Waals surface area contributed by atoms with Crippen molar-refractivity contribution in [3.05, 3.63) is 62.8 Å². The van der Waals surface area contributed by atoms with Gasteiger partial charge in [-0.2, -0.15) is 0 Å².